The van der Waals surface area contributed by atoms with Gasteiger partial charge < -0.3 is 9.88 Å². The minimum Gasteiger partial charge on any atom is -0.376 e. The fourth-order valence-corrected chi connectivity index (χ4v) is 3.05. The van der Waals surface area contributed by atoms with Crippen molar-refractivity contribution in [3.63, 3.8) is 0 Å². The lowest BCUT2D eigenvalue weighted by Gasteiger charge is -2.10. The molecule has 0 aliphatic carbocycles. The molecule has 1 aromatic heterocycles. The van der Waals surface area contributed by atoms with Crippen LogP contribution in [-0.2, 0) is 4.79 Å². The third-order valence-electron chi connectivity index (χ3n) is 4.42. The van der Waals surface area contributed by atoms with Gasteiger partial charge in [0.2, 0.25) is 0 Å². The molecule has 0 bridgehead atoms. The number of rotatable bonds is 6. The molecule has 2 aromatic carbocycles. The molecular weight excluding hydrogens is 355 g/mol. The Morgan fingerprint density at radius 1 is 1.11 bits per heavy atom. The SMILES string of the molecule is Cc1cccc(-n2c(C)cc(/C=N\NC(=O)CNc3ccc(F)cc3)c2C)c1. The summed E-state index contributed by atoms with van der Waals surface area (Å²) in [5.74, 6) is -0.601. The number of aromatic nitrogens is 1. The second-order valence-corrected chi connectivity index (χ2v) is 6.65. The second kappa shape index (κ2) is 8.52. The van der Waals surface area contributed by atoms with Crippen LogP contribution in [0.5, 0.6) is 0 Å². The third kappa shape index (κ3) is 4.65. The van der Waals surface area contributed by atoms with Crippen molar-refractivity contribution in [2.24, 2.45) is 5.10 Å². The highest BCUT2D eigenvalue weighted by atomic mass is 19.1. The average molecular weight is 378 g/mol. The van der Waals surface area contributed by atoms with Gasteiger partial charge in [-0.2, -0.15) is 5.10 Å². The Balaban J connectivity index is 1.62. The van der Waals surface area contributed by atoms with Crippen molar-refractivity contribution < 1.29 is 9.18 Å². The molecule has 2 N–H and O–H groups in total. The van der Waals surface area contributed by atoms with Crippen LogP contribution in [0.2, 0.25) is 0 Å². The Morgan fingerprint density at radius 3 is 2.57 bits per heavy atom. The zero-order chi connectivity index (χ0) is 20.1. The Kier molecular flexibility index (Phi) is 5.89. The summed E-state index contributed by atoms with van der Waals surface area (Å²) in [4.78, 5) is 11.9. The summed E-state index contributed by atoms with van der Waals surface area (Å²) < 4.78 is 15.0. The molecule has 0 unspecified atom stereocenters. The first-order chi connectivity index (χ1) is 13.4. The number of hydrogen-bond acceptors (Lipinski definition) is 3. The number of aryl methyl sites for hydroxylation is 2. The van der Waals surface area contributed by atoms with Gasteiger partial charge in [-0.25, -0.2) is 9.82 Å². The van der Waals surface area contributed by atoms with Gasteiger partial charge in [0.25, 0.3) is 5.91 Å². The van der Waals surface area contributed by atoms with Crippen molar-refractivity contribution in [2.45, 2.75) is 20.8 Å². The normalized spacial score (nSPS) is 11.0. The minimum atomic E-state index is -0.317. The Bertz CT molecular complexity index is 1010. The highest BCUT2D eigenvalue weighted by Crippen LogP contribution is 2.20. The lowest BCUT2D eigenvalue weighted by molar-refractivity contribution is -0.119. The molecule has 28 heavy (non-hydrogen) atoms. The number of carbonyl (C=O) groups is 1. The van der Waals surface area contributed by atoms with E-state index in [-0.39, 0.29) is 18.3 Å². The first kappa shape index (κ1) is 19.4. The van der Waals surface area contributed by atoms with Crippen molar-refractivity contribution in [2.75, 3.05) is 11.9 Å². The quantitative estimate of drug-likeness (QED) is 0.501. The number of hydrogen-bond donors (Lipinski definition) is 2. The van der Waals surface area contributed by atoms with Gasteiger partial charge in [-0.3, -0.25) is 4.79 Å². The Morgan fingerprint density at radius 2 is 1.86 bits per heavy atom. The summed E-state index contributed by atoms with van der Waals surface area (Å²) in [6, 6.07) is 16.1. The van der Waals surface area contributed by atoms with E-state index in [1.807, 2.05) is 26.0 Å². The van der Waals surface area contributed by atoms with E-state index in [0.717, 1.165) is 22.6 Å². The van der Waals surface area contributed by atoms with Crippen LogP contribution in [0, 0.1) is 26.6 Å². The van der Waals surface area contributed by atoms with Gasteiger partial charge in [0, 0.05) is 28.3 Å². The summed E-state index contributed by atoms with van der Waals surface area (Å²) in [6.45, 7) is 6.17. The van der Waals surface area contributed by atoms with Crippen LogP contribution < -0.4 is 10.7 Å². The fourth-order valence-electron chi connectivity index (χ4n) is 3.05. The van der Waals surface area contributed by atoms with E-state index in [1.54, 1.807) is 18.3 Å². The van der Waals surface area contributed by atoms with Gasteiger partial charge in [-0.1, -0.05) is 12.1 Å². The van der Waals surface area contributed by atoms with Crippen LogP contribution in [0.1, 0.15) is 22.5 Å². The number of halogens is 1. The molecule has 1 amide bonds. The molecule has 0 spiro atoms. The average Bonchev–Trinajstić information content (AvgIpc) is 2.95. The Labute approximate surface area is 163 Å². The lowest BCUT2D eigenvalue weighted by atomic mass is 10.2. The topological polar surface area (TPSA) is 58.4 Å². The molecule has 0 saturated carbocycles. The number of nitrogens with one attached hydrogen (secondary N) is 2. The number of carbonyl (C=O) groups excluding carboxylic acids is 1. The minimum absolute atomic E-state index is 0.0469. The van der Waals surface area contributed by atoms with Gasteiger partial charge in [-0.05, 0) is 68.8 Å². The summed E-state index contributed by atoms with van der Waals surface area (Å²) in [5, 5.41) is 6.97. The Hall–Kier alpha value is -3.41. The number of hydrazone groups is 1. The monoisotopic (exact) mass is 378 g/mol. The summed E-state index contributed by atoms with van der Waals surface area (Å²) in [6.07, 6.45) is 1.64. The van der Waals surface area contributed by atoms with Crippen LogP contribution in [0.4, 0.5) is 10.1 Å². The molecule has 3 rings (SSSR count). The number of nitrogens with zero attached hydrogens (tertiary/aromatic N) is 2. The van der Waals surface area contributed by atoms with Gasteiger partial charge in [0.05, 0.1) is 12.8 Å². The van der Waals surface area contributed by atoms with Crippen LogP contribution in [0.25, 0.3) is 5.69 Å². The third-order valence-corrected chi connectivity index (χ3v) is 4.42. The van der Waals surface area contributed by atoms with E-state index in [1.165, 1.54) is 17.7 Å². The first-order valence-electron chi connectivity index (χ1n) is 9.01. The number of amides is 1. The zero-order valence-corrected chi connectivity index (χ0v) is 16.2. The zero-order valence-electron chi connectivity index (χ0n) is 16.2. The standard InChI is InChI=1S/C22H23FN4O/c1-15-5-4-6-21(11-15)27-16(2)12-18(17(27)3)13-25-26-22(28)14-24-20-9-7-19(23)8-10-20/h4-13,24H,14H2,1-3H3,(H,26,28)/b25-13-. The second-order valence-electron chi connectivity index (χ2n) is 6.65. The van der Waals surface area contributed by atoms with E-state index < -0.39 is 0 Å². The molecule has 0 radical (unpaired) electrons. The van der Waals surface area contributed by atoms with Crippen LogP contribution in [-0.4, -0.2) is 23.2 Å². The lowest BCUT2D eigenvalue weighted by Crippen LogP contribution is -2.25. The highest BCUT2D eigenvalue weighted by molar-refractivity contribution is 5.85. The van der Waals surface area contributed by atoms with Crippen LogP contribution in [0.3, 0.4) is 0 Å². The van der Waals surface area contributed by atoms with Crippen molar-refractivity contribution in [3.8, 4) is 5.69 Å². The van der Waals surface area contributed by atoms with Crippen molar-refractivity contribution in [3.05, 3.63) is 82.9 Å². The van der Waals surface area contributed by atoms with Crippen molar-refractivity contribution in [1.82, 2.24) is 9.99 Å². The molecule has 5 nitrogen and oxygen atoms in total. The highest BCUT2D eigenvalue weighted by Gasteiger charge is 2.09. The molecule has 0 atom stereocenters. The largest absolute Gasteiger partial charge is 0.376 e. The molecular formula is C22H23FN4O. The number of anilines is 1. The van der Waals surface area contributed by atoms with Crippen molar-refractivity contribution >= 4 is 17.8 Å². The van der Waals surface area contributed by atoms with Gasteiger partial charge in [0.1, 0.15) is 5.82 Å². The van der Waals surface area contributed by atoms with E-state index in [9.17, 15) is 9.18 Å². The molecule has 0 aliphatic rings. The van der Waals surface area contributed by atoms with E-state index >= 15 is 0 Å². The summed E-state index contributed by atoms with van der Waals surface area (Å²) in [5.41, 5.74) is 8.54. The summed E-state index contributed by atoms with van der Waals surface area (Å²) in [7, 11) is 0. The molecule has 0 aliphatic heterocycles. The van der Waals surface area contributed by atoms with Gasteiger partial charge >= 0.3 is 0 Å². The van der Waals surface area contributed by atoms with E-state index in [4.69, 9.17) is 0 Å². The van der Waals surface area contributed by atoms with Gasteiger partial charge in [0.15, 0.2) is 0 Å². The van der Waals surface area contributed by atoms with E-state index in [0.29, 0.717) is 5.69 Å². The maximum atomic E-state index is 12.9. The van der Waals surface area contributed by atoms with Crippen LogP contribution >= 0.6 is 0 Å². The summed E-state index contributed by atoms with van der Waals surface area (Å²) >= 11 is 0. The molecule has 0 fully saturated rings. The molecule has 144 valence electrons. The number of benzene rings is 2. The van der Waals surface area contributed by atoms with E-state index in [2.05, 4.69) is 45.5 Å². The van der Waals surface area contributed by atoms with Gasteiger partial charge in [-0.15, -0.1) is 0 Å². The first-order valence-corrected chi connectivity index (χ1v) is 9.01. The van der Waals surface area contributed by atoms with Crippen molar-refractivity contribution in [1.29, 1.82) is 0 Å². The molecule has 0 saturated heterocycles. The predicted octanol–water partition coefficient (Wildman–Crippen LogP) is 4.10. The maximum absolute atomic E-state index is 12.9. The van der Waals surface area contributed by atoms with Crippen LogP contribution in [0.15, 0.2) is 59.7 Å². The molecule has 6 heteroatoms. The maximum Gasteiger partial charge on any atom is 0.259 e. The molecule has 1 heterocycles. The smallest absolute Gasteiger partial charge is 0.259 e. The molecule has 3 aromatic rings. The fraction of sp³-hybridized carbons (Fsp3) is 0.182. The predicted molar refractivity (Wildman–Crippen MR) is 111 cm³/mol.